The van der Waals surface area contributed by atoms with Gasteiger partial charge in [-0.25, -0.2) is 14.6 Å². The van der Waals surface area contributed by atoms with E-state index < -0.39 is 6.09 Å². The molecule has 1 N–H and O–H groups in total. The van der Waals surface area contributed by atoms with Gasteiger partial charge in [0.1, 0.15) is 17.3 Å². The first-order chi connectivity index (χ1) is 9.19. The van der Waals surface area contributed by atoms with Gasteiger partial charge in [0.25, 0.3) is 0 Å². The maximum Gasteiger partial charge on any atom is 0.427 e. The zero-order valence-corrected chi connectivity index (χ0v) is 10.1. The summed E-state index contributed by atoms with van der Waals surface area (Å²) in [5.41, 5.74) is 2.89. The van der Waals surface area contributed by atoms with Crippen LogP contribution in [0.4, 0.5) is 9.18 Å². The fourth-order valence-corrected chi connectivity index (χ4v) is 1.39. The molecule has 0 saturated carbocycles. The van der Waals surface area contributed by atoms with Crippen LogP contribution in [-0.4, -0.2) is 19.4 Å². The number of halogens is 1. The number of amides is 1. The minimum Gasteiger partial charge on any atom is -0.455 e. The molecule has 0 fully saturated rings. The molecule has 0 unspecified atom stereocenters. The minimum atomic E-state index is -0.665. The number of methoxy groups -OCH3 is 1. The summed E-state index contributed by atoms with van der Waals surface area (Å²) in [6.07, 6.45) is 0.672. The van der Waals surface area contributed by atoms with Crippen molar-refractivity contribution in [2.75, 3.05) is 7.11 Å². The minimum absolute atomic E-state index is 0.306. The molecule has 0 aliphatic rings. The van der Waals surface area contributed by atoms with Crippen LogP contribution in [0.25, 0.3) is 11.3 Å². The highest BCUT2D eigenvalue weighted by atomic mass is 19.1. The van der Waals surface area contributed by atoms with Gasteiger partial charge in [-0.15, -0.1) is 0 Å². The van der Waals surface area contributed by atoms with Crippen LogP contribution in [0, 0.1) is 5.82 Å². The zero-order valence-electron chi connectivity index (χ0n) is 10.1. The van der Waals surface area contributed by atoms with E-state index in [9.17, 15) is 9.18 Å². The Morgan fingerprint density at radius 1 is 1.32 bits per heavy atom. The van der Waals surface area contributed by atoms with E-state index in [4.69, 9.17) is 4.42 Å². The number of ether oxygens (including phenoxy) is 1. The highest BCUT2D eigenvalue weighted by Crippen LogP contribution is 2.21. The number of hydrogen-bond donors (Lipinski definition) is 1. The number of furan rings is 1. The van der Waals surface area contributed by atoms with Gasteiger partial charge in [-0.05, 0) is 36.4 Å². The van der Waals surface area contributed by atoms with E-state index in [1.165, 1.54) is 25.5 Å². The van der Waals surface area contributed by atoms with E-state index in [0.717, 1.165) is 5.56 Å². The molecule has 0 radical (unpaired) electrons. The van der Waals surface area contributed by atoms with Crippen LogP contribution in [0.1, 0.15) is 5.76 Å². The molecule has 1 aromatic heterocycles. The molecule has 0 spiro atoms. The van der Waals surface area contributed by atoms with Crippen molar-refractivity contribution >= 4 is 12.3 Å². The third-order valence-corrected chi connectivity index (χ3v) is 2.29. The van der Waals surface area contributed by atoms with E-state index in [2.05, 4.69) is 15.3 Å². The van der Waals surface area contributed by atoms with Crippen LogP contribution in [0.15, 0.2) is 45.9 Å². The van der Waals surface area contributed by atoms with Crippen LogP contribution >= 0.6 is 0 Å². The van der Waals surface area contributed by atoms with Crippen molar-refractivity contribution in [2.45, 2.75) is 0 Å². The third-order valence-electron chi connectivity index (χ3n) is 2.29. The van der Waals surface area contributed by atoms with Crippen LogP contribution in [0.3, 0.4) is 0 Å². The SMILES string of the molecule is COC(=O)N/N=C/c1ccc(-c2ccc(F)cc2)o1. The first-order valence-corrected chi connectivity index (χ1v) is 5.42. The van der Waals surface area contributed by atoms with Gasteiger partial charge in [0.15, 0.2) is 0 Å². The lowest BCUT2D eigenvalue weighted by atomic mass is 10.2. The molecule has 0 aliphatic carbocycles. The highest BCUT2D eigenvalue weighted by Gasteiger charge is 2.03. The lowest BCUT2D eigenvalue weighted by Gasteiger charge is -1.96. The molecular weight excluding hydrogens is 251 g/mol. The quantitative estimate of drug-likeness (QED) is 0.683. The van der Waals surface area contributed by atoms with Gasteiger partial charge < -0.3 is 9.15 Å². The predicted molar refractivity (Wildman–Crippen MR) is 67.2 cm³/mol. The van der Waals surface area contributed by atoms with Gasteiger partial charge in [-0.3, -0.25) is 0 Å². The van der Waals surface area contributed by atoms with E-state index in [1.54, 1.807) is 24.3 Å². The molecule has 2 rings (SSSR count). The lowest BCUT2D eigenvalue weighted by molar-refractivity contribution is 0.171. The first kappa shape index (κ1) is 12.8. The smallest absolute Gasteiger partial charge is 0.427 e. The Morgan fingerprint density at radius 2 is 2.05 bits per heavy atom. The summed E-state index contributed by atoms with van der Waals surface area (Å²) in [7, 11) is 1.24. The number of rotatable bonds is 3. The Hall–Kier alpha value is -2.63. The van der Waals surface area contributed by atoms with Crippen molar-refractivity contribution < 1.29 is 18.3 Å². The summed E-state index contributed by atoms with van der Waals surface area (Å²) in [6, 6.07) is 9.34. The van der Waals surface area contributed by atoms with Crippen molar-refractivity contribution in [3.05, 3.63) is 48.0 Å². The van der Waals surface area contributed by atoms with Gasteiger partial charge >= 0.3 is 6.09 Å². The number of carbonyl (C=O) groups excluding carboxylic acids is 1. The van der Waals surface area contributed by atoms with Crippen LogP contribution in [0.5, 0.6) is 0 Å². The van der Waals surface area contributed by atoms with Gasteiger partial charge in [-0.2, -0.15) is 5.10 Å². The highest BCUT2D eigenvalue weighted by molar-refractivity contribution is 5.78. The molecule has 5 nitrogen and oxygen atoms in total. The molecule has 2 aromatic rings. The summed E-state index contributed by atoms with van der Waals surface area (Å²) in [5.74, 6) is 0.731. The van der Waals surface area contributed by atoms with Crippen LogP contribution in [-0.2, 0) is 4.74 Å². The molecule has 0 saturated heterocycles. The van der Waals surface area contributed by atoms with E-state index in [0.29, 0.717) is 11.5 Å². The molecule has 1 aromatic carbocycles. The molecule has 6 heteroatoms. The fraction of sp³-hybridized carbons (Fsp3) is 0.0769. The van der Waals surface area contributed by atoms with Crippen LogP contribution < -0.4 is 5.43 Å². The van der Waals surface area contributed by atoms with Gasteiger partial charge in [-0.1, -0.05) is 0 Å². The fourth-order valence-electron chi connectivity index (χ4n) is 1.39. The van der Waals surface area contributed by atoms with Gasteiger partial charge in [0.05, 0.1) is 13.3 Å². The van der Waals surface area contributed by atoms with E-state index >= 15 is 0 Å². The lowest BCUT2D eigenvalue weighted by Crippen LogP contribution is -2.16. The Balaban J connectivity index is 2.06. The second-order valence-electron chi connectivity index (χ2n) is 3.57. The molecule has 1 amide bonds. The number of hydrogen-bond acceptors (Lipinski definition) is 4. The Bertz CT molecular complexity index is 590. The maximum absolute atomic E-state index is 12.8. The molecule has 98 valence electrons. The van der Waals surface area contributed by atoms with Crippen molar-refractivity contribution in [1.29, 1.82) is 0 Å². The maximum atomic E-state index is 12.8. The number of nitrogens with zero attached hydrogens (tertiary/aromatic N) is 1. The topological polar surface area (TPSA) is 63.8 Å². The van der Waals surface area contributed by atoms with Crippen LogP contribution in [0.2, 0.25) is 0 Å². The summed E-state index contributed by atoms with van der Waals surface area (Å²) < 4.78 is 22.6. The first-order valence-electron chi connectivity index (χ1n) is 5.42. The Kier molecular flexibility index (Phi) is 3.92. The van der Waals surface area contributed by atoms with E-state index in [1.807, 2.05) is 0 Å². The normalized spacial score (nSPS) is 10.6. The second-order valence-corrected chi connectivity index (χ2v) is 3.57. The van der Waals surface area contributed by atoms with Crippen molar-refractivity contribution in [2.24, 2.45) is 5.10 Å². The Morgan fingerprint density at radius 3 is 2.74 bits per heavy atom. The van der Waals surface area contributed by atoms with Crippen molar-refractivity contribution in [3.63, 3.8) is 0 Å². The molecule has 19 heavy (non-hydrogen) atoms. The monoisotopic (exact) mass is 262 g/mol. The summed E-state index contributed by atoms with van der Waals surface area (Å²) in [6.45, 7) is 0. The van der Waals surface area contributed by atoms with Gasteiger partial charge in [0, 0.05) is 5.56 Å². The number of nitrogens with one attached hydrogen (secondary N) is 1. The number of hydrazone groups is 1. The average molecular weight is 262 g/mol. The Labute approximate surface area is 108 Å². The molecular formula is C13H11FN2O3. The molecule has 1 heterocycles. The standard InChI is InChI=1S/C13H11FN2O3/c1-18-13(17)16-15-8-11-6-7-12(19-11)9-2-4-10(14)5-3-9/h2-8H,1H3,(H,16,17)/b15-8+. The van der Waals surface area contributed by atoms with Gasteiger partial charge in [0.2, 0.25) is 0 Å². The number of benzene rings is 1. The zero-order chi connectivity index (χ0) is 13.7. The molecule has 0 aliphatic heterocycles. The van der Waals surface area contributed by atoms with E-state index in [-0.39, 0.29) is 5.82 Å². The molecule has 0 bridgehead atoms. The number of carbonyl (C=O) groups is 1. The van der Waals surface area contributed by atoms with Crippen molar-refractivity contribution in [3.8, 4) is 11.3 Å². The summed E-state index contributed by atoms with van der Waals surface area (Å²) >= 11 is 0. The third kappa shape index (κ3) is 3.41. The largest absolute Gasteiger partial charge is 0.455 e. The van der Waals surface area contributed by atoms with Crippen molar-refractivity contribution in [1.82, 2.24) is 5.43 Å². The average Bonchev–Trinajstić information content (AvgIpc) is 2.88. The summed E-state index contributed by atoms with van der Waals surface area (Å²) in [4.78, 5) is 10.7. The summed E-state index contributed by atoms with van der Waals surface area (Å²) in [5, 5.41) is 3.63. The predicted octanol–water partition coefficient (Wildman–Crippen LogP) is 2.78. The second kappa shape index (κ2) is 5.81. The molecule has 0 atom stereocenters.